The van der Waals surface area contributed by atoms with Gasteiger partial charge in [0.25, 0.3) is 0 Å². The molecule has 7 heteroatoms. The quantitative estimate of drug-likeness (QED) is 0.659. The molecule has 1 aliphatic heterocycles. The second kappa shape index (κ2) is 10.9. The predicted molar refractivity (Wildman–Crippen MR) is 108 cm³/mol. The Balaban J connectivity index is 1.97. The maximum atomic E-state index is 12.3. The van der Waals surface area contributed by atoms with Crippen molar-refractivity contribution in [3.63, 3.8) is 0 Å². The first kappa shape index (κ1) is 21.2. The lowest BCUT2D eigenvalue weighted by atomic mass is 10.2. The van der Waals surface area contributed by atoms with E-state index >= 15 is 0 Å². The fraction of sp³-hybridized carbons (Fsp3) is 0.600. The highest BCUT2D eigenvalue weighted by atomic mass is 16.5. The number of anilines is 2. The number of hydrogen-bond acceptors (Lipinski definition) is 5. The number of carbonyl (C=O) groups excluding carboxylic acids is 2. The lowest BCUT2D eigenvalue weighted by molar-refractivity contribution is -0.121. The van der Waals surface area contributed by atoms with Crippen LogP contribution >= 0.6 is 0 Å². The third kappa shape index (κ3) is 6.84. The van der Waals surface area contributed by atoms with Crippen molar-refractivity contribution >= 4 is 23.2 Å². The van der Waals surface area contributed by atoms with Crippen LogP contribution in [0.2, 0.25) is 0 Å². The largest absolute Gasteiger partial charge is 0.378 e. The van der Waals surface area contributed by atoms with Crippen molar-refractivity contribution in [1.29, 1.82) is 0 Å². The van der Waals surface area contributed by atoms with Crippen LogP contribution in [0.3, 0.4) is 0 Å². The monoisotopic (exact) mass is 376 g/mol. The van der Waals surface area contributed by atoms with Gasteiger partial charge in [-0.2, -0.15) is 0 Å². The van der Waals surface area contributed by atoms with E-state index in [2.05, 4.69) is 15.1 Å². The first-order valence-corrected chi connectivity index (χ1v) is 9.60. The van der Waals surface area contributed by atoms with Gasteiger partial charge in [0.15, 0.2) is 0 Å². The molecule has 1 aliphatic rings. The van der Waals surface area contributed by atoms with Gasteiger partial charge in [0, 0.05) is 39.5 Å². The Morgan fingerprint density at radius 2 is 1.85 bits per heavy atom. The van der Waals surface area contributed by atoms with Crippen molar-refractivity contribution < 1.29 is 14.3 Å². The van der Waals surface area contributed by atoms with Crippen LogP contribution in [-0.4, -0.2) is 76.7 Å². The van der Waals surface area contributed by atoms with Gasteiger partial charge >= 0.3 is 0 Å². The SMILES string of the molecule is CC(=O)N(CCC(=O)NCCCN(C)C)c1ccccc1N1CCOCC1. The number of carbonyl (C=O) groups is 2. The van der Waals surface area contributed by atoms with Gasteiger partial charge in [-0.15, -0.1) is 0 Å². The van der Waals surface area contributed by atoms with Gasteiger partial charge in [0.05, 0.1) is 24.6 Å². The molecule has 1 heterocycles. The van der Waals surface area contributed by atoms with Crippen LogP contribution in [0.5, 0.6) is 0 Å². The molecule has 0 unspecified atom stereocenters. The van der Waals surface area contributed by atoms with E-state index in [1.54, 1.807) is 11.8 Å². The van der Waals surface area contributed by atoms with Crippen LogP contribution in [0.15, 0.2) is 24.3 Å². The third-order valence-electron chi connectivity index (χ3n) is 4.57. The van der Waals surface area contributed by atoms with Crippen LogP contribution in [0, 0.1) is 0 Å². The summed E-state index contributed by atoms with van der Waals surface area (Å²) in [4.78, 5) is 30.4. The summed E-state index contributed by atoms with van der Waals surface area (Å²) >= 11 is 0. The molecule has 2 rings (SSSR count). The summed E-state index contributed by atoms with van der Waals surface area (Å²) in [7, 11) is 4.02. The second-order valence-corrected chi connectivity index (χ2v) is 7.02. The first-order chi connectivity index (χ1) is 13.0. The number of morpholine rings is 1. The minimum absolute atomic E-state index is 0.0242. The number of amides is 2. The highest BCUT2D eigenvalue weighted by Crippen LogP contribution is 2.30. The summed E-state index contributed by atoms with van der Waals surface area (Å²) in [6, 6.07) is 7.87. The topological polar surface area (TPSA) is 65.1 Å². The molecule has 1 fully saturated rings. The molecule has 0 radical (unpaired) electrons. The van der Waals surface area contributed by atoms with Crippen LogP contribution in [0.4, 0.5) is 11.4 Å². The zero-order valence-corrected chi connectivity index (χ0v) is 16.7. The molecule has 1 saturated heterocycles. The van der Waals surface area contributed by atoms with Gasteiger partial charge < -0.3 is 24.8 Å². The van der Waals surface area contributed by atoms with E-state index in [9.17, 15) is 9.59 Å². The summed E-state index contributed by atoms with van der Waals surface area (Å²) in [6.45, 7) is 6.48. The van der Waals surface area contributed by atoms with E-state index in [0.717, 1.165) is 37.4 Å². The summed E-state index contributed by atoms with van der Waals surface area (Å²) in [5, 5.41) is 2.93. The number of benzene rings is 1. The molecule has 150 valence electrons. The van der Waals surface area contributed by atoms with Gasteiger partial charge in [-0.05, 0) is 39.2 Å². The third-order valence-corrected chi connectivity index (χ3v) is 4.57. The van der Waals surface area contributed by atoms with Crippen LogP contribution in [0.25, 0.3) is 0 Å². The number of nitrogens with one attached hydrogen (secondary N) is 1. The van der Waals surface area contributed by atoms with Gasteiger partial charge in [0.1, 0.15) is 0 Å². The summed E-state index contributed by atoms with van der Waals surface area (Å²) in [6.07, 6.45) is 1.20. The fourth-order valence-corrected chi connectivity index (χ4v) is 3.14. The number of rotatable bonds is 9. The van der Waals surface area contributed by atoms with E-state index in [1.807, 2.05) is 38.4 Å². The molecule has 1 aromatic rings. The molecule has 0 aromatic heterocycles. The van der Waals surface area contributed by atoms with E-state index in [0.29, 0.717) is 32.7 Å². The van der Waals surface area contributed by atoms with Gasteiger partial charge in [-0.25, -0.2) is 0 Å². The van der Waals surface area contributed by atoms with Crippen molar-refractivity contribution in [2.75, 3.05) is 69.8 Å². The average Bonchev–Trinajstić information content (AvgIpc) is 2.66. The highest BCUT2D eigenvalue weighted by molar-refractivity contribution is 5.96. The van der Waals surface area contributed by atoms with E-state index in [-0.39, 0.29) is 11.8 Å². The molecule has 0 saturated carbocycles. The van der Waals surface area contributed by atoms with Crippen molar-refractivity contribution in [2.24, 2.45) is 0 Å². The van der Waals surface area contributed by atoms with Crippen LogP contribution in [-0.2, 0) is 14.3 Å². The Morgan fingerprint density at radius 3 is 2.52 bits per heavy atom. The van der Waals surface area contributed by atoms with Crippen molar-refractivity contribution in [2.45, 2.75) is 19.8 Å². The molecule has 1 N–H and O–H groups in total. The Labute approximate surface area is 162 Å². The van der Waals surface area contributed by atoms with E-state index < -0.39 is 0 Å². The Kier molecular flexibility index (Phi) is 8.54. The standard InChI is InChI=1S/C20H32N4O3/c1-17(25)24(12-9-20(26)21-10-6-11-22(2)3)19-8-5-4-7-18(19)23-13-15-27-16-14-23/h4-5,7-8H,6,9-16H2,1-3H3,(H,21,26). The van der Waals surface area contributed by atoms with Gasteiger partial charge in [0.2, 0.25) is 11.8 Å². The van der Waals surface area contributed by atoms with E-state index in [1.165, 1.54) is 0 Å². The Bertz CT molecular complexity index is 615. The lowest BCUT2D eigenvalue weighted by Crippen LogP contribution is -2.39. The molecule has 27 heavy (non-hydrogen) atoms. The molecule has 0 spiro atoms. The molecule has 1 aromatic carbocycles. The maximum absolute atomic E-state index is 12.3. The second-order valence-electron chi connectivity index (χ2n) is 7.02. The number of hydrogen-bond donors (Lipinski definition) is 1. The van der Waals surface area contributed by atoms with Crippen LogP contribution in [0.1, 0.15) is 19.8 Å². The summed E-state index contributed by atoms with van der Waals surface area (Å²) < 4.78 is 5.43. The smallest absolute Gasteiger partial charge is 0.223 e. The molecule has 0 atom stereocenters. The normalized spacial score (nSPS) is 14.3. The number of nitrogens with zero attached hydrogens (tertiary/aromatic N) is 3. The van der Waals surface area contributed by atoms with Crippen LogP contribution < -0.4 is 15.1 Å². The zero-order chi connectivity index (χ0) is 19.6. The van der Waals surface area contributed by atoms with Gasteiger partial charge in [-0.1, -0.05) is 12.1 Å². The molecular formula is C20H32N4O3. The van der Waals surface area contributed by atoms with Gasteiger partial charge in [-0.3, -0.25) is 9.59 Å². The fourth-order valence-electron chi connectivity index (χ4n) is 3.14. The number of para-hydroxylation sites is 2. The zero-order valence-electron chi connectivity index (χ0n) is 16.7. The molecule has 0 aliphatic carbocycles. The number of ether oxygens (including phenoxy) is 1. The molecule has 7 nitrogen and oxygen atoms in total. The maximum Gasteiger partial charge on any atom is 0.223 e. The minimum atomic E-state index is -0.0592. The first-order valence-electron chi connectivity index (χ1n) is 9.60. The predicted octanol–water partition coefficient (Wildman–Crippen LogP) is 1.33. The Morgan fingerprint density at radius 1 is 1.15 bits per heavy atom. The highest BCUT2D eigenvalue weighted by Gasteiger charge is 2.21. The minimum Gasteiger partial charge on any atom is -0.378 e. The summed E-state index contributed by atoms with van der Waals surface area (Å²) in [5.41, 5.74) is 1.87. The van der Waals surface area contributed by atoms with Crippen molar-refractivity contribution in [1.82, 2.24) is 10.2 Å². The Hall–Kier alpha value is -2.12. The lowest BCUT2D eigenvalue weighted by Gasteiger charge is -2.33. The van der Waals surface area contributed by atoms with E-state index in [4.69, 9.17) is 4.74 Å². The molecule has 2 amide bonds. The average molecular weight is 377 g/mol. The van der Waals surface area contributed by atoms with Crippen molar-refractivity contribution in [3.05, 3.63) is 24.3 Å². The molecule has 0 bridgehead atoms. The van der Waals surface area contributed by atoms with Crippen molar-refractivity contribution in [3.8, 4) is 0 Å². The summed E-state index contributed by atoms with van der Waals surface area (Å²) in [5.74, 6) is -0.0834. The molecular weight excluding hydrogens is 344 g/mol.